The maximum Gasteiger partial charge on any atom is 0.142 e. The van der Waals surface area contributed by atoms with Crippen molar-refractivity contribution in [3.63, 3.8) is 0 Å². The van der Waals surface area contributed by atoms with Gasteiger partial charge < -0.3 is 15.8 Å². The zero-order valence-corrected chi connectivity index (χ0v) is 11.9. The molecular formula is C14H12BrN3O. The van der Waals surface area contributed by atoms with E-state index < -0.39 is 0 Å². The van der Waals surface area contributed by atoms with Gasteiger partial charge in [-0.15, -0.1) is 0 Å². The summed E-state index contributed by atoms with van der Waals surface area (Å²) in [5, 5.41) is 12.1. The number of nitriles is 1. The number of hydrogen-bond acceptors (Lipinski definition) is 4. The normalized spacial score (nSPS) is 9.74. The van der Waals surface area contributed by atoms with Crippen LogP contribution in [-0.4, -0.2) is 7.11 Å². The molecule has 0 bridgehead atoms. The second-order valence-corrected chi connectivity index (χ2v) is 4.76. The summed E-state index contributed by atoms with van der Waals surface area (Å²) in [6, 6.07) is 12.9. The predicted molar refractivity (Wildman–Crippen MR) is 79.5 cm³/mol. The molecule has 3 N–H and O–H groups in total. The predicted octanol–water partition coefficient (Wildman–Crippen LogP) is 3.66. The molecule has 0 aliphatic rings. The van der Waals surface area contributed by atoms with Gasteiger partial charge in [0.15, 0.2) is 0 Å². The average molecular weight is 318 g/mol. The summed E-state index contributed by atoms with van der Waals surface area (Å²) in [6.07, 6.45) is 0. The number of nitrogen functional groups attached to an aromatic ring is 1. The minimum absolute atomic E-state index is 0.423. The van der Waals surface area contributed by atoms with E-state index >= 15 is 0 Å². The molecule has 4 nitrogen and oxygen atoms in total. The molecule has 0 saturated heterocycles. The Morgan fingerprint density at radius 1 is 1.26 bits per heavy atom. The molecule has 2 rings (SSSR count). The summed E-state index contributed by atoms with van der Waals surface area (Å²) >= 11 is 3.41. The van der Waals surface area contributed by atoms with E-state index in [0.717, 1.165) is 10.2 Å². The molecule has 5 heteroatoms. The van der Waals surface area contributed by atoms with Gasteiger partial charge >= 0.3 is 0 Å². The molecule has 0 aliphatic carbocycles. The highest BCUT2D eigenvalue weighted by Gasteiger charge is 2.08. The van der Waals surface area contributed by atoms with Gasteiger partial charge in [-0.1, -0.05) is 22.0 Å². The number of nitrogens with one attached hydrogen (secondary N) is 1. The molecule has 0 amide bonds. The Bertz CT molecular complexity index is 650. The molecule has 0 atom stereocenters. The second kappa shape index (κ2) is 5.63. The van der Waals surface area contributed by atoms with Gasteiger partial charge in [-0.25, -0.2) is 0 Å². The number of benzene rings is 2. The zero-order valence-electron chi connectivity index (χ0n) is 10.3. The first-order valence-corrected chi connectivity index (χ1v) is 6.34. The Balaban J connectivity index is 2.42. The Labute approximate surface area is 119 Å². The zero-order chi connectivity index (χ0) is 13.8. The lowest BCUT2D eigenvalue weighted by Crippen LogP contribution is -2.00. The molecule has 0 fully saturated rings. The third-order valence-electron chi connectivity index (χ3n) is 2.66. The van der Waals surface area contributed by atoms with Gasteiger partial charge in [0.2, 0.25) is 0 Å². The van der Waals surface area contributed by atoms with Crippen molar-refractivity contribution >= 4 is 33.0 Å². The lowest BCUT2D eigenvalue weighted by atomic mass is 10.1. The van der Waals surface area contributed by atoms with E-state index in [4.69, 9.17) is 15.7 Å². The topological polar surface area (TPSA) is 71.1 Å². The van der Waals surface area contributed by atoms with E-state index in [0.29, 0.717) is 22.7 Å². The van der Waals surface area contributed by atoms with Crippen LogP contribution in [-0.2, 0) is 0 Å². The largest absolute Gasteiger partial charge is 0.495 e. The third-order valence-corrected chi connectivity index (χ3v) is 3.15. The molecule has 0 radical (unpaired) electrons. The highest BCUT2D eigenvalue weighted by Crippen LogP contribution is 2.33. The van der Waals surface area contributed by atoms with Gasteiger partial charge in [0.05, 0.1) is 29.7 Å². The Morgan fingerprint density at radius 2 is 2.05 bits per heavy atom. The number of para-hydroxylation sites is 1. The summed E-state index contributed by atoms with van der Waals surface area (Å²) in [6.45, 7) is 0. The lowest BCUT2D eigenvalue weighted by molar-refractivity contribution is 0.417. The Hall–Kier alpha value is -2.19. The minimum atomic E-state index is 0.423. The van der Waals surface area contributed by atoms with Crippen LogP contribution >= 0.6 is 15.9 Å². The summed E-state index contributed by atoms with van der Waals surface area (Å²) in [5.41, 5.74) is 8.25. The molecule has 19 heavy (non-hydrogen) atoms. The quantitative estimate of drug-likeness (QED) is 0.847. The SMILES string of the molecule is COc1ccc(Br)cc1Nc1cccc(C#N)c1N. The van der Waals surface area contributed by atoms with Crippen LogP contribution in [0.3, 0.4) is 0 Å². The van der Waals surface area contributed by atoms with Gasteiger partial charge in [0, 0.05) is 4.47 Å². The molecule has 0 heterocycles. The summed E-state index contributed by atoms with van der Waals surface area (Å²) in [5.74, 6) is 0.699. The minimum Gasteiger partial charge on any atom is -0.495 e. The van der Waals surface area contributed by atoms with Crippen molar-refractivity contribution in [2.45, 2.75) is 0 Å². The molecule has 2 aromatic carbocycles. The number of methoxy groups -OCH3 is 1. The van der Waals surface area contributed by atoms with E-state index in [1.165, 1.54) is 0 Å². The van der Waals surface area contributed by atoms with E-state index in [9.17, 15) is 0 Å². The van der Waals surface area contributed by atoms with Gasteiger partial charge in [0.1, 0.15) is 11.8 Å². The van der Waals surface area contributed by atoms with Crippen molar-refractivity contribution in [2.75, 3.05) is 18.2 Å². The molecule has 0 unspecified atom stereocenters. The average Bonchev–Trinajstić information content (AvgIpc) is 2.41. The third kappa shape index (κ3) is 2.80. The summed E-state index contributed by atoms with van der Waals surface area (Å²) in [7, 11) is 1.60. The number of ether oxygens (including phenoxy) is 1. The molecule has 0 spiro atoms. The molecular weight excluding hydrogens is 306 g/mol. The van der Waals surface area contributed by atoms with Crippen LogP contribution in [0, 0.1) is 11.3 Å². The first-order chi connectivity index (χ1) is 9.15. The van der Waals surface area contributed by atoms with Crippen LogP contribution in [0.15, 0.2) is 40.9 Å². The fraction of sp³-hybridized carbons (Fsp3) is 0.0714. The molecule has 0 aromatic heterocycles. The molecule has 0 aliphatic heterocycles. The van der Waals surface area contributed by atoms with Crippen LogP contribution in [0.1, 0.15) is 5.56 Å². The second-order valence-electron chi connectivity index (χ2n) is 3.85. The summed E-state index contributed by atoms with van der Waals surface area (Å²) < 4.78 is 6.20. The van der Waals surface area contributed by atoms with Gasteiger partial charge in [-0.05, 0) is 30.3 Å². The maximum atomic E-state index is 8.96. The van der Waals surface area contributed by atoms with Crippen molar-refractivity contribution in [3.05, 3.63) is 46.4 Å². The van der Waals surface area contributed by atoms with E-state index in [2.05, 4.69) is 27.3 Å². The van der Waals surface area contributed by atoms with E-state index in [1.54, 1.807) is 19.2 Å². The highest BCUT2D eigenvalue weighted by molar-refractivity contribution is 9.10. The number of hydrogen-bond donors (Lipinski definition) is 2. The first kappa shape index (κ1) is 13.2. The van der Waals surface area contributed by atoms with Crippen molar-refractivity contribution in [1.29, 1.82) is 5.26 Å². The molecule has 2 aromatic rings. The number of nitrogens with zero attached hydrogens (tertiary/aromatic N) is 1. The summed E-state index contributed by atoms with van der Waals surface area (Å²) in [4.78, 5) is 0. The van der Waals surface area contributed by atoms with Crippen molar-refractivity contribution < 1.29 is 4.74 Å². The van der Waals surface area contributed by atoms with Gasteiger partial charge in [-0.2, -0.15) is 5.26 Å². The van der Waals surface area contributed by atoms with Crippen molar-refractivity contribution in [3.8, 4) is 11.8 Å². The van der Waals surface area contributed by atoms with Crippen LogP contribution in [0.2, 0.25) is 0 Å². The van der Waals surface area contributed by atoms with Gasteiger partial charge in [-0.3, -0.25) is 0 Å². The van der Waals surface area contributed by atoms with Gasteiger partial charge in [0.25, 0.3) is 0 Å². The first-order valence-electron chi connectivity index (χ1n) is 5.55. The fourth-order valence-corrected chi connectivity index (χ4v) is 2.06. The van der Waals surface area contributed by atoms with Crippen LogP contribution < -0.4 is 15.8 Å². The monoisotopic (exact) mass is 317 g/mol. The lowest BCUT2D eigenvalue weighted by Gasteiger charge is -2.13. The number of rotatable bonds is 3. The Morgan fingerprint density at radius 3 is 2.74 bits per heavy atom. The Kier molecular flexibility index (Phi) is 3.93. The van der Waals surface area contributed by atoms with Crippen LogP contribution in [0.25, 0.3) is 0 Å². The van der Waals surface area contributed by atoms with E-state index in [-0.39, 0.29) is 0 Å². The fourth-order valence-electron chi connectivity index (χ4n) is 1.69. The van der Waals surface area contributed by atoms with Crippen molar-refractivity contribution in [1.82, 2.24) is 0 Å². The highest BCUT2D eigenvalue weighted by atomic mass is 79.9. The van der Waals surface area contributed by atoms with Crippen molar-refractivity contribution in [2.24, 2.45) is 0 Å². The number of nitrogens with two attached hydrogens (primary N) is 1. The maximum absolute atomic E-state index is 8.96. The number of halogens is 1. The smallest absolute Gasteiger partial charge is 0.142 e. The van der Waals surface area contributed by atoms with Crippen LogP contribution in [0.4, 0.5) is 17.1 Å². The van der Waals surface area contributed by atoms with E-state index in [1.807, 2.05) is 24.3 Å². The molecule has 0 saturated carbocycles. The molecule has 96 valence electrons. The number of anilines is 3. The van der Waals surface area contributed by atoms with Crippen LogP contribution in [0.5, 0.6) is 5.75 Å². The standard InChI is InChI=1S/C14H12BrN3O/c1-19-13-6-5-10(15)7-12(13)18-11-4-2-3-9(8-16)14(11)17/h2-7,18H,17H2,1H3.